The van der Waals surface area contributed by atoms with Gasteiger partial charge < -0.3 is 15.2 Å². The molecule has 9 nitrogen and oxygen atoms in total. The van der Waals surface area contributed by atoms with Crippen molar-refractivity contribution in [1.29, 1.82) is 0 Å². The van der Waals surface area contributed by atoms with E-state index in [9.17, 15) is 14.4 Å². The Bertz CT molecular complexity index is 1160. The number of aryl methyl sites for hydroxylation is 1. The minimum absolute atomic E-state index is 0.0237. The molecule has 0 radical (unpaired) electrons. The predicted octanol–water partition coefficient (Wildman–Crippen LogP) is 0.452. The van der Waals surface area contributed by atoms with E-state index in [1.54, 1.807) is 29.8 Å². The van der Waals surface area contributed by atoms with Gasteiger partial charge in [-0.15, -0.1) is 0 Å². The fraction of sp³-hybridized carbons (Fsp3) is 0.368. The molecule has 28 heavy (non-hydrogen) atoms. The number of carbonyl (C=O) groups excluding carboxylic acids is 1. The van der Waals surface area contributed by atoms with Crippen molar-refractivity contribution in [3.05, 3.63) is 57.0 Å². The maximum absolute atomic E-state index is 12.7. The third-order valence-corrected chi connectivity index (χ3v) is 5.14. The van der Waals surface area contributed by atoms with Crippen molar-refractivity contribution in [3.63, 3.8) is 0 Å². The number of rotatable bonds is 4. The molecule has 4 rings (SSSR count). The minimum Gasteiger partial charge on any atom is -0.367 e. The average molecular weight is 382 g/mol. The molecule has 1 aliphatic rings. The SMILES string of the molecule is CCn1c(=O)[nH]c2cc(C(=O)NC3CCN(c4cnn(C)c4)C3)ccc2c1=O. The third kappa shape index (κ3) is 3.19. The predicted molar refractivity (Wildman–Crippen MR) is 106 cm³/mol. The summed E-state index contributed by atoms with van der Waals surface area (Å²) in [5.41, 5.74) is 0.999. The summed E-state index contributed by atoms with van der Waals surface area (Å²) in [5, 5.41) is 7.61. The zero-order valence-electron chi connectivity index (χ0n) is 15.8. The van der Waals surface area contributed by atoms with Gasteiger partial charge in [-0.05, 0) is 31.5 Å². The number of aromatic nitrogens is 4. The maximum Gasteiger partial charge on any atom is 0.328 e. The summed E-state index contributed by atoms with van der Waals surface area (Å²) in [4.78, 5) is 41.9. The zero-order valence-corrected chi connectivity index (χ0v) is 15.8. The van der Waals surface area contributed by atoms with E-state index in [0.29, 0.717) is 29.6 Å². The Morgan fingerprint density at radius 2 is 2.18 bits per heavy atom. The quantitative estimate of drug-likeness (QED) is 0.682. The summed E-state index contributed by atoms with van der Waals surface area (Å²) in [5.74, 6) is -0.222. The van der Waals surface area contributed by atoms with E-state index in [2.05, 4.69) is 20.3 Å². The summed E-state index contributed by atoms with van der Waals surface area (Å²) in [6.07, 6.45) is 4.60. The topological polar surface area (TPSA) is 105 Å². The highest BCUT2D eigenvalue weighted by Gasteiger charge is 2.25. The zero-order chi connectivity index (χ0) is 19.8. The van der Waals surface area contributed by atoms with Crippen molar-refractivity contribution in [2.45, 2.75) is 25.9 Å². The second-order valence-corrected chi connectivity index (χ2v) is 7.02. The van der Waals surface area contributed by atoms with E-state index in [0.717, 1.165) is 23.2 Å². The molecule has 2 aromatic heterocycles. The van der Waals surface area contributed by atoms with Crippen LogP contribution in [0.15, 0.2) is 40.2 Å². The Kier molecular flexibility index (Phi) is 4.50. The lowest BCUT2D eigenvalue weighted by molar-refractivity contribution is 0.0940. The van der Waals surface area contributed by atoms with Crippen molar-refractivity contribution >= 4 is 22.5 Å². The standard InChI is InChI=1S/C19H22N6O3/c1-3-25-18(27)15-5-4-12(8-16(15)22-19(25)28)17(26)21-13-6-7-24(10-13)14-9-20-23(2)11-14/h4-5,8-9,11,13H,3,6-7,10H2,1-2H3,(H,21,26)(H,22,28). The first-order valence-corrected chi connectivity index (χ1v) is 9.27. The molecule has 0 bridgehead atoms. The van der Waals surface area contributed by atoms with Crippen LogP contribution in [0.4, 0.5) is 5.69 Å². The Balaban J connectivity index is 1.51. The Morgan fingerprint density at radius 1 is 1.36 bits per heavy atom. The molecule has 3 heterocycles. The van der Waals surface area contributed by atoms with E-state index in [-0.39, 0.29) is 17.5 Å². The summed E-state index contributed by atoms with van der Waals surface area (Å²) < 4.78 is 2.89. The second kappa shape index (κ2) is 6.99. The maximum atomic E-state index is 12.7. The number of fused-ring (bicyclic) bond motifs is 1. The van der Waals surface area contributed by atoms with Gasteiger partial charge in [-0.1, -0.05) is 0 Å². The van der Waals surface area contributed by atoms with Crippen molar-refractivity contribution < 1.29 is 4.79 Å². The van der Waals surface area contributed by atoms with Gasteiger partial charge in [0, 0.05) is 44.5 Å². The van der Waals surface area contributed by atoms with Crippen LogP contribution in [0, 0.1) is 0 Å². The molecule has 0 saturated carbocycles. The molecule has 0 aliphatic carbocycles. The third-order valence-electron chi connectivity index (χ3n) is 5.14. The lowest BCUT2D eigenvalue weighted by Crippen LogP contribution is -2.37. The number of H-pyrrole nitrogens is 1. The van der Waals surface area contributed by atoms with E-state index in [4.69, 9.17) is 0 Å². The fourth-order valence-electron chi connectivity index (χ4n) is 3.64. The first-order chi connectivity index (χ1) is 13.5. The average Bonchev–Trinajstić information content (AvgIpc) is 3.30. The number of benzene rings is 1. The molecule has 1 atom stereocenters. The molecule has 1 amide bonds. The monoisotopic (exact) mass is 382 g/mol. The highest BCUT2D eigenvalue weighted by Crippen LogP contribution is 2.19. The van der Waals surface area contributed by atoms with Gasteiger partial charge in [-0.3, -0.25) is 18.8 Å². The molecule has 1 aromatic carbocycles. The van der Waals surface area contributed by atoms with Crippen LogP contribution in [0.1, 0.15) is 23.7 Å². The molecule has 1 fully saturated rings. The molecule has 2 N–H and O–H groups in total. The van der Waals surface area contributed by atoms with E-state index < -0.39 is 5.69 Å². The van der Waals surface area contributed by atoms with Crippen LogP contribution < -0.4 is 21.5 Å². The van der Waals surface area contributed by atoms with Crippen molar-refractivity contribution in [2.24, 2.45) is 7.05 Å². The number of aromatic amines is 1. The number of nitrogens with one attached hydrogen (secondary N) is 2. The summed E-state index contributed by atoms with van der Waals surface area (Å²) in [6.45, 7) is 3.59. The van der Waals surface area contributed by atoms with Gasteiger partial charge in [-0.25, -0.2) is 4.79 Å². The lowest BCUT2D eigenvalue weighted by Gasteiger charge is -2.17. The van der Waals surface area contributed by atoms with Crippen LogP contribution >= 0.6 is 0 Å². The van der Waals surface area contributed by atoms with Crippen LogP contribution in [-0.4, -0.2) is 44.4 Å². The van der Waals surface area contributed by atoms with Crippen LogP contribution in [0.5, 0.6) is 0 Å². The fourth-order valence-corrected chi connectivity index (χ4v) is 3.64. The van der Waals surface area contributed by atoms with Crippen molar-refractivity contribution in [3.8, 4) is 0 Å². The van der Waals surface area contributed by atoms with Crippen LogP contribution in [0.25, 0.3) is 10.9 Å². The van der Waals surface area contributed by atoms with Gasteiger partial charge in [-0.2, -0.15) is 5.10 Å². The van der Waals surface area contributed by atoms with Crippen molar-refractivity contribution in [1.82, 2.24) is 24.6 Å². The molecule has 1 unspecified atom stereocenters. The largest absolute Gasteiger partial charge is 0.367 e. The van der Waals surface area contributed by atoms with Gasteiger partial charge in [0.2, 0.25) is 0 Å². The Labute approximate surface area is 160 Å². The smallest absolute Gasteiger partial charge is 0.328 e. The summed E-state index contributed by atoms with van der Waals surface area (Å²) in [7, 11) is 1.87. The van der Waals surface area contributed by atoms with Crippen LogP contribution in [0.3, 0.4) is 0 Å². The molecule has 1 saturated heterocycles. The number of carbonyl (C=O) groups is 1. The molecule has 9 heteroatoms. The highest BCUT2D eigenvalue weighted by molar-refractivity contribution is 5.97. The number of hydrogen-bond donors (Lipinski definition) is 2. The Morgan fingerprint density at radius 3 is 2.89 bits per heavy atom. The molecule has 146 valence electrons. The lowest BCUT2D eigenvalue weighted by atomic mass is 10.1. The van der Waals surface area contributed by atoms with Gasteiger partial charge in [0.1, 0.15) is 0 Å². The van der Waals surface area contributed by atoms with Gasteiger partial charge in [0.25, 0.3) is 11.5 Å². The van der Waals surface area contributed by atoms with Gasteiger partial charge >= 0.3 is 5.69 Å². The van der Waals surface area contributed by atoms with E-state index in [1.165, 1.54) is 0 Å². The first kappa shape index (κ1) is 18.0. The van der Waals surface area contributed by atoms with Gasteiger partial charge in [0.05, 0.1) is 22.8 Å². The summed E-state index contributed by atoms with van der Waals surface area (Å²) in [6, 6.07) is 4.79. The van der Waals surface area contributed by atoms with Gasteiger partial charge in [0.15, 0.2) is 0 Å². The van der Waals surface area contributed by atoms with Crippen molar-refractivity contribution in [2.75, 3.05) is 18.0 Å². The minimum atomic E-state index is -0.472. The number of nitrogens with zero attached hydrogens (tertiary/aromatic N) is 4. The second-order valence-electron chi connectivity index (χ2n) is 7.02. The highest BCUT2D eigenvalue weighted by atomic mass is 16.2. The summed E-state index contributed by atoms with van der Waals surface area (Å²) >= 11 is 0. The van der Waals surface area contributed by atoms with Crippen LogP contribution in [0.2, 0.25) is 0 Å². The molecular formula is C19H22N6O3. The van der Waals surface area contributed by atoms with E-state index >= 15 is 0 Å². The molecule has 3 aromatic rings. The molecular weight excluding hydrogens is 360 g/mol. The normalized spacial score (nSPS) is 16.6. The number of anilines is 1. The molecule has 0 spiro atoms. The van der Waals surface area contributed by atoms with E-state index in [1.807, 2.05) is 19.4 Å². The molecule has 1 aliphatic heterocycles. The number of amides is 1. The van der Waals surface area contributed by atoms with Crippen LogP contribution in [-0.2, 0) is 13.6 Å². The Hall–Kier alpha value is -3.36. The number of hydrogen-bond acceptors (Lipinski definition) is 5. The first-order valence-electron chi connectivity index (χ1n) is 9.27.